The van der Waals surface area contributed by atoms with Crippen molar-refractivity contribution in [1.82, 2.24) is 14.9 Å². The van der Waals surface area contributed by atoms with Crippen LogP contribution in [0, 0.1) is 0 Å². The van der Waals surface area contributed by atoms with Crippen molar-refractivity contribution in [3.63, 3.8) is 0 Å². The number of carbonyl (C=O) groups is 1. The molecule has 4 nitrogen and oxygen atoms in total. The van der Waals surface area contributed by atoms with Crippen molar-refractivity contribution in [2.45, 2.75) is 44.2 Å². The number of nitrogens with one attached hydrogen (secondary N) is 1. The minimum atomic E-state index is -0.0941. The van der Waals surface area contributed by atoms with Gasteiger partial charge in [-0.15, -0.1) is 11.8 Å². The van der Waals surface area contributed by atoms with Crippen LogP contribution < -0.4 is 5.32 Å². The topological polar surface area (TPSA) is 46.9 Å². The van der Waals surface area contributed by atoms with Gasteiger partial charge in [0.25, 0.3) is 5.91 Å². The molecule has 1 atom stereocenters. The van der Waals surface area contributed by atoms with Gasteiger partial charge >= 0.3 is 0 Å². The van der Waals surface area contributed by atoms with Crippen LogP contribution in [0.3, 0.4) is 0 Å². The molecular weight excluding hydrogens is 438 g/mol. The smallest absolute Gasteiger partial charge is 0.270 e. The summed E-state index contributed by atoms with van der Waals surface area (Å²) in [5.41, 5.74) is 4.40. The molecule has 0 aliphatic heterocycles. The molecule has 1 heterocycles. The van der Waals surface area contributed by atoms with Crippen molar-refractivity contribution >= 4 is 17.7 Å². The minimum absolute atomic E-state index is 0.0514. The molecule has 0 saturated carbocycles. The van der Waals surface area contributed by atoms with E-state index in [2.05, 4.69) is 49.7 Å². The molecule has 4 rings (SSSR count). The van der Waals surface area contributed by atoms with Gasteiger partial charge < -0.3 is 9.88 Å². The van der Waals surface area contributed by atoms with Crippen LogP contribution in [-0.2, 0) is 6.54 Å². The first-order valence-corrected chi connectivity index (χ1v) is 13.0. The largest absolute Gasteiger partial charge is 0.344 e. The second-order valence-corrected chi connectivity index (χ2v) is 9.08. The molecule has 5 heteroatoms. The van der Waals surface area contributed by atoms with Crippen LogP contribution in [0.2, 0.25) is 0 Å². The summed E-state index contributed by atoms with van der Waals surface area (Å²) in [6.07, 6.45) is 3.91. The summed E-state index contributed by atoms with van der Waals surface area (Å²) >= 11 is 1.68. The van der Waals surface area contributed by atoms with Gasteiger partial charge in [-0.25, -0.2) is 4.98 Å². The van der Waals surface area contributed by atoms with Crippen LogP contribution in [0.5, 0.6) is 0 Å². The summed E-state index contributed by atoms with van der Waals surface area (Å²) < 4.78 is 2.04. The Balaban J connectivity index is 1.83. The predicted molar refractivity (Wildman–Crippen MR) is 142 cm³/mol. The number of amides is 1. The third kappa shape index (κ3) is 5.10. The number of thioether (sulfide) groups is 1. The molecule has 0 saturated heterocycles. The molecule has 0 bridgehead atoms. The highest BCUT2D eigenvalue weighted by molar-refractivity contribution is 7.98. The molecule has 1 unspecified atom stereocenters. The van der Waals surface area contributed by atoms with E-state index >= 15 is 0 Å². The van der Waals surface area contributed by atoms with E-state index in [1.165, 1.54) is 0 Å². The number of aromatic nitrogens is 2. The number of carbonyl (C=O) groups excluding carboxylic acids is 1. The fourth-order valence-corrected chi connectivity index (χ4v) is 4.75. The molecule has 174 valence electrons. The van der Waals surface area contributed by atoms with Crippen molar-refractivity contribution in [2.24, 2.45) is 0 Å². The fraction of sp³-hybridized carbons (Fsp3) is 0.241. The maximum Gasteiger partial charge on any atom is 0.270 e. The van der Waals surface area contributed by atoms with Crippen LogP contribution in [0.15, 0.2) is 89.8 Å². The lowest BCUT2D eigenvalue weighted by atomic mass is 10.0. The Bertz CT molecular complexity index is 1230. The summed E-state index contributed by atoms with van der Waals surface area (Å²) in [6, 6.07) is 28.5. The summed E-state index contributed by atoms with van der Waals surface area (Å²) in [7, 11) is 0. The monoisotopic (exact) mass is 469 g/mol. The Morgan fingerprint density at radius 2 is 1.62 bits per heavy atom. The molecule has 0 fully saturated rings. The highest BCUT2D eigenvalue weighted by Crippen LogP contribution is 2.32. The fourth-order valence-electron chi connectivity index (χ4n) is 4.29. The Labute approximate surface area is 206 Å². The van der Waals surface area contributed by atoms with Gasteiger partial charge in [0.15, 0.2) is 0 Å². The Morgan fingerprint density at radius 3 is 2.26 bits per heavy atom. The van der Waals surface area contributed by atoms with Gasteiger partial charge in [-0.1, -0.05) is 86.1 Å². The van der Waals surface area contributed by atoms with Crippen LogP contribution >= 0.6 is 11.8 Å². The Kier molecular flexibility index (Phi) is 7.86. The van der Waals surface area contributed by atoms with Crippen LogP contribution in [0.25, 0.3) is 22.6 Å². The molecule has 0 spiro atoms. The number of nitrogens with zero attached hydrogens (tertiary/aromatic N) is 2. The highest BCUT2D eigenvalue weighted by Gasteiger charge is 2.26. The molecule has 1 N–H and O–H groups in total. The van der Waals surface area contributed by atoms with Crippen molar-refractivity contribution < 1.29 is 4.79 Å². The summed E-state index contributed by atoms with van der Waals surface area (Å²) in [6.45, 7) is 4.85. The first-order chi connectivity index (χ1) is 16.7. The van der Waals surface area contributed by atoms with Crippen molar-refractivity contribution in [1.29, 1.82) is 0 Å². The summed E-state index contributed by atoms with van der Waals surface area (Å²) in [5, 5.41) is 3.32. The molecular formula is C29H31N3OS. The Morgan fingerprint density at radius 1 is 0.941 bits per heavy atom. The first-order valence-electron chi connectivity index (χ1n) is 11.8. The molecule has 34 heavy (non-hydrogen) atoms. The van der Waals surface area contributed by atoms with E-state index in [0.29, 0.717) is 12.2 Å². The van der Waals surface area contributed by atoms with Crippen molar-refractivity contribution in [2.75, 3.05) is 6.26 Å². The Hall–Kier alpha value is -3.31. The average Bonchev–Trinajstić information content (AvgIpc) is 3.29. The van der Waals surface area contributed by atoms with Crippen LogP contribution in [-0.4, -0.2) is 21.7 Å². The van der Waals surface area contributed by atoms with Gasteiger partial charge in [0.2, 0.25) is 0 Å². The standard InChI is InChI=1S/C29H31N3OS/c1-4-13-25(21-14-8-6-9-15-21)30-29(33)27-26(23-18-12-19-24(20-23)34-3)31-28(32(27)5-2)22-16-10-7-11-17-22/h6-12,14-20,25H,4-5,13H2,1-3H3,(H,30,33). The summed E-state index contributed by atoms with van der Waals surface area (Å²) in [4.78, 5) is 20.1. The van der Waals surface area contributed by atoms with E-state index in [1.54, 1.807) is 11.8 Å². The third-order valence-corrected chi connectivity index (χ3v) is 6.68. The number of benzene rings is 3. The van der Waals surface area contributed by atoms with Gasteiger partial charge in [0, 0.05) is 22.6 Å². The van der Waals surface area contributed by atoms with Gasteiger partial charge in [-0.05, 0) is 37.3 Å². The number of hydrogen-bond donors (Lipinski definition) is 1. The van der Waals surface area contributed by atoms with Gasteiger partial charge in [0.05, 0.1) is 6.04 Å². The van der Waals surface area contributed by atoms with Crippen LogP contribution in [0.1, 0.15) is 48.8 Å². The van der Waals surface area contributed by atoms with Gasteiger partial charge in [0.1, 0.15) is 17.2 Å². The molecule has 0 aliphatic rings. The molecule has 1 aromatic heterocycles. The van der Waals surface area contributed by atoms with Crippen LogP contribution in [0.4, 0.5) is 0 Å². The van der Waals surface area contributed by atoms with E-state index in [-0.39, 0.29) is 11.9 Å². The molecule has 4 aromatic rings. The number of rotatable bonds is 9. The average molecular weight is 470 g/mol. The van der Waals surface area contributed by atoms with E-state index in [0.717, 1.165) is 45.9 Å². The normalized spacial score (nSPS) is 11.9. The zero-order chi connectivity index (χ0) is 23.9. The summed E-state index contributed by atoms with van der Waals surface area (Å²) in [5.74, 6) is 0.716. The molecule has 0 radical (unpaired) electrons. The molecule has 3 aromatic carbocycles. The third-order valence-electron chi connectivity index (χ3n) is 5.96. The zero-order valence-electron chi connectivity index (χ0n) is 20.0. The second kappa shape index (κ2) is 11.2. The lowest BCUT2D eigenvalue weighted by molar-refractivity contribution is 0.0926. The first kappa shape index (κ1) is 23.8. The van der Waals surface area contributed by atoms with Gasteiger partial charge in [-0.2, -0.15) is 0 Å². The van der Waals surface area contributed by atoms with E-state index in [9.17, 15) is 4.79 Å². The number of imidazole rings is 1. The molecule has 1 amide bonds. The second-order valence-electron chi connectivity index (χ2n) is 8.20. The van der Waals surface area contributed by atoms with Gasteiger partial charge in [-0.3, -0.25) is 4.79 Å². The van der Waals surface area contributed by atoms with Crippen molar-refractivity contribution in [3.05, 3.63) is 96.2 Å². The quantitative estimate of drug-likeness (QED) is 0.263. The lowest BCUT2D eigenvalue weighted by Gasteiger charge is -2.20. The van der Waals surface area contributed by atoms with E-state index in [1.807, 2.05) is 65.2 Å². The highest BCUT2D eigenvalue weighted by atomic mass is 32.2. The SMILES string of the molecule is CCCC(NC(=O)c1c(-c2cccc(SC)c2)nc(-c2ccccc2)n1CC)c1ccccc1. The maximum absolute atomic E-state index is 13.9. The minimum Gasteiger partial charge on any atom is -0.344 e. The van der Waals surface area contributed by atoms with E-state index in [4.69, 9.17) is 4.98 Å². The number of hydrogen-bond acceptors (Lipinski definition) is 3. The predicted octanol–water partition coefficient (Wildman–Crippen LogP) is 7.23. The van der Waals surface area contributed by atoms with E-state index < -0.39 is 0 Å². The zero-order valence-corrected chi connectivity index (χ0v) is 20.8. The molecule has 0 aliphatic carbocycles. The lowest BCUT2D eigenvalue weighted by Crippen LogP contribution is -2.30. The maximum atomic E-state index is 13.9. The van der Waals surface area contributed by atoms with Crippen molar-refractivity contribution in [3.8, 4) is 22.6 Å².